The molecule has 2 rings (SSSR count). The van der Waals surface area contributed by atoms with Crippen molar-refractivity contribution in [3.05, 3.63) is 11.7 Å². The number of hydrogen-bond acceptors (Lipinski definition) is 6. The maximum absolute atomic E-state index is 11.3. The van der Waals surface area contributed by atoms with Crippen molar-refractivity contribution in [2.24, 2.45) is 0 Å². The lowest BCUT2D eigenvalue weighted by Crippen LogP contribution is -2.12. The van der Waals surface area contributed by atoms with E-state index in [2.05, 4.69) is 15.5 Å². The number of rotatable bonds is 4. The minimum atomic E-state index is -2.89. The maximum Gasteiger partial charge on any atom is 0.240 e. The van der Waals surface area contributed by atoms with Crippen LogP contribution in [0.4, 0.5) is 0 Å². The zero-order chi connectivity index (χ0) is 11.6. The summed E-state index contributed by atoms with van der Waals surface area (Å²) in [7, 11) is -2.89. The molecule has 0 amide bonds. The molecule has 0 aliphatic carbocycles. The Morgan fingerprint density at radius 1 is 1.56 bits per heavy atom. The molecular formula is C9H15N3O3S. The fraction of sp³-hybridized carbons (Fsp3) is 0.778. The summed E-state index contributed by atoms with van der Waals surface area (Å²) in [6, 6.07) is 0. The van der Waals surface area contributed by atoms with E-state index < -0.39 is 9.84 Å². The molecule has 0 aromatic carbocycles. The van der Waals surface area contributed by atoms with Crippen molar-refractivity contribution in [2.75, 3.05) is 18.1 Å². The van der Waals surface area contributed by atoms with Crippen LogP contribution in [0.3, 0.4) is 0 Å². The third-order valence-electron chi connectivity index (χ3n) is 2.61. The maximum atomic E-state index is 11.3. The molecule has 0 spiro atoms. The van der Waals surface area contributed by atoms with Gasteiger partial charge in [0.1, 0.15) is 0 Å². The largest absolute Gasteiger partial charge is 0.338 e. The first-order valence-electron chi connectivity index (χ1n) is 5.34. The minimum absolute atomic E-state index is 0.0934. The van der Waals surface area contributed by atoms with Crippen molar-refractivity contribution >= 4 is 9.84 Å². The molecule has 90 valence electrons. The van der Waals surface area contributed by atoms with E-state index in [1.165, 1.54) is 0 Å². The van der Waals surface area contributed by atoms with Gasteiger partial charge in [0.05, 0.1) is 18.1 Å². The summed E-state index contributed by atoms with van der Waals surface area (Å²) in [5.41, 5.74) is 0. The molecule has 0 bridgehead atoms. The van der Waals surface area contributed by atoms with E-state index >= 15 is 0 Å². The second-order valence-electron chi connectivity index (χ2n) is 3.93. The highest BCUT2D eigenvalue weighted by Crippen LogP contribution is 2.26. The molecule has 1 atom stereocenters. The Hall–Kier alpha value is -0.950. The van der Waals surface area contributed by atoms with E-state index in [4.69, 9.17) is 4.52 Å². The van der Waals surface area contributed by atoms with Crippen molar-refractivity contribution in [1.82, 2.24) is 15.5 Å². The van der Waals surface area contributed by atoms with E-state index in [0.29, 0.717) is 24.7 Å². The highest BCUT2D eigenvalue weighted by molar-refractivity contribution is 7.91. The first-order chi connectivity index (χ1) is 7.61. The lowest BCUT2D eigenvalue weighted by molar-refractivity contribution is 0.362. The van der Waals surface area contributed by atoms with Crippen LogP contribution in [-0.4, -0.2) is 36.6 Å². The number of nitrogens with one attached hydrogen (secondary N) is 1. The number of aromatic nitrogens is 2. The molecule has 6 nitrogen and oxygen atoms in total. The number of hydrogen-bond donors (Lipinski definition) is 1. The fourth-order valence-electron chi connectivity index (χ4n) is 1.74. The zero-order valence-electron chi connectivity index (χ0n) is 9.14. The molecule has 1 unspecified atom stereocenters. The van der Waals surface area contributed by atoms with Gasteiger partial charge in [-0.3, -0.25) is 0 Å². The van der Waals surface area contributed by atoms with Gasteiger partial charge >= 0.3 is 0 Å². The van der Waals surface area contributed by atoms with Crippen LogP contribution in [0, 0.1) is 0 Å². The normalized spacial score (nSPS) is 23.7. The van der Waals surface area contributed by atoms with Crippen molar-refractivity contribution in [3.8, 4) is 0 Å². The Morgan fingerprint density at radius 3 is 3.00 bits per heavy atom. The first kappa shape index (κ1) is 11.5. The predicted molar refractivity (Wildman–Crippen MR) is 57.7 cm³/mol. The zero-order valence-corrected chi connectivity index (χ0v) is 9.96. The third kappa shape index (κ3) is 2.59. The molecule has 1 aliphatic heterocycles. The third-order valence-corrected chi connectivity index (χ3v) is 4.38. The quantitative estimate of drug-likeness (QED) is 0.808. The van der Waals surface area contributed by atoms with Crippen LogP contribution < -0.4 is 5.32 Å². The summed E-state index contributed by atoms with van der Waals surface area (Å²) in [5.74, 6) is 1.32. The molecule has 16 heavy (non-hydrogen) atoms. The van der Waals surface area contributed by atoms with Gasteiger partial charge in [-0.25, -0.2) is 8.42 Å². The standard InChI is InChI=1S/C9H15N3O3S/c1-2-10-5-8-11-9(12-15-8)7-3-4-16(13,14)6-7/h7,10H,2-6H2,1H3. The van der Waals surface area contributed by atoms with E-state index in [0.717, 1.165) is 6.54 Å². The molecule has 1 aromatic rings. The summed E-state index contributed by atoms with van der Waals surface area (Å²) in [4.78, 5) is 4.19. The van der Waals surface area contributed by atoms with Gasteiger partial charge in [-0.15, -0.1) is 0 Å². The van der Waals surface area contributed by atoms with Crippen molar-refractivity contribution in [2.45, 2.75) is 25.8 Å². The molecule has 1 fully saturated rings. The van der Waals surface area contributed by atoms with E-state index in [1.54, 1.807) is 0 Å². The molecule has 0 radical (unpaired) electrons. The topological polar surface area (TPSA) is 85.1 Å². The summed E-state index contributed by atoms with van der Waals surface area (Å²) in [6.07, 6.45) is 0.600. The predicted octanol–water partition coefficient (Wildman–Crippen LogP) is 0.0812. The Balaban J connectivity index is 2.02. The van der Waals surface area contributed by atoms with E-state index in [1.807, 2.05) is 6.92 Å². The van der Waals surface area contributed by atoms with Crippen LogP contribution in [0.5, 0.6) is 0 Å². The van der Waals surface area contributed by atoms with E-state index in [9.17, 15) is 8.42 Å². The Kier molecular flexibility index (Phi) is 3.25. The fourth-order valence-corrected chi connectivity index (χ4v) is 3.48. The molecule has 1 saturated heterocycles. The van der Waals surface area contributed by atoms with Crippen molar-refractivity contribution < 1.29 is 12.9 Å². The van der Waals surface area contributed by atoms with Crippen molar-refractivity contribution in [1.29, 1.82) is 0 Å². The highest BCUT2D eigenvalue weighted by atomic mass is 32.2. The molecule has 7 heteroatoms. The second-order valence-corrected chi connectivity index (χ2v) is 6.16. The minimum Gasteiger partial charge on any atom is -0.338 e. The molecule has 2 heterocycles. The molecule has 1 N–H and O–H groups in total. The number of sulfone groups is 1. The average molecular weight is 245 g/mol. The highest BCUT2D eigenvalue weighted by Gasteiger charge is 2.32. The van der Waals surface area contributed by atoms with Gasteiger partial charge in [0.2, 0.25) is 5.89 Å². The lowest BCUT2D eigenvalue weighted by atomic mass is 10.1. The van der Waals surface area contributed by atoms with E-state index in [-0.39, 0.29) is 17.4 Å². The average Bonchev–Trinajstić information content (AvgIpc) is 2.81. The van der Waals surface area contributed by atoms with Gasteiger partial charge in [0, 0.05) is 5.92 Å². The molecule has 0 saturated carbocycles. The SMILES string of the molecule is CCNCc1nc(C2CCS(=O)(=O)C2)no1. The number of nitrogens with zero attached hydrogens (tertiary/aromatic N) is 2. The summed E-state index contributed by atoms with van der Waals surface area (Å²) < 4.78 is 27.6. The van der Waals surface area contributed by atoms with Crippen LogP contribution in [0.1, 0.15) is 31.0 Å². The van der Waals surface area contributed by atoms with Crippen LogP contribution in [0.15, 0.2) is 4.52 Å². The monoisotopic (exact) mass is 245 g/mol. The van der Waals surface area contributed by atoms with Crippen LogP contribution in [0.2, 0.25) is 0 Å². The van der Waals surface area contributed by atoms with Gasteiger partial charge in [0.15, 0.2) is 15.7 Å². The smallest absolute Gasteiger partial charge is 0.240 e. The summed E-state index contributed by atoms with van der Waals surface area (Å²) in [5, 5.41) is 6.90. The second kappa shape index (κ2) is 4.50. The Bertz CT molecular complexity index is 454. The van der Waals surface area contributed by atoms with Gasteiger partial charge in [-0.1, -0.05) is 12.1 Å². The van der Waals surface area contributed by atoms with Crippen molar-refractivity contribution in [3.63, 3.8) is 0 Å². The van der Waals surface area contributed by atoms with Gasteiger partial charge in [-0.05, 0) is 13.0 Å². The van der Waals surface area contributed by atoms with Crippen LogP contribution in [0.25, 0.3) is 0 Å². The summed E-state index contributed by atoms with van der Waals surface area (Å²) >= 11 is 0. The lowest BCUT2D eigenvalue weighted by Gasteiger charge is -1.98. The van der Waals surface area contributed by atoms with Crippen LogP contribution in [-0.2, 0) is 16.4 Å². The molecule has 1 aromatic heterocycles. The first-order valence-corrected chi connectivity index (χ1v) is 7.16. The van der Waals surface area contributed by atoms with Gasteiger partial charge in [0.25, 0.3) is 0 Å². The Labute approximate surface area is 94.3 Å². The molecular weight excluding hydrogens is 230 g/mol. The van der Waals surface area contributed by atoms with Crippen LogP contribution >= 0.6 is 0 Å². The van der Waals surface area contributed by atoms with Gasteiger partial charge in [-0.2, -0.15) is 4.98 Å². The summed E-state index contributed by atoms with van der Waals surface area (Å²) in [6.45, 7) is 3.35. The van der Waals surface area contributed by atoms with Gasteiger partial charge < -0.3 is 9.84 Å². The Morgan fingerprint density at radius 2 is 2.38 bits per heavy atom. The molecule has 1 aliphatic rings.